The van der Waals surface area contributed by atoms with Crippen molar-refractivity contribution in [1.82, 2.24) is 10.2 Å². The summed E-state index contributed by atoms with van der Waals surface area (Å²) in [7, 11) is 1.79. The molecule has 0 radical (unpaired) electrons. The van der Waals surface area contributed by atoms with Gasteiger partial charge in [-0.1, -0.05) is 13.8 Å². The Hall–Kier alpha value is -0.120. The van der Waals surface area contributed by atoms with Gasteiger partial charge < -0.3 is 15.0 Å². The van der Waals surface area contributed by atoms with E-state index in [-0.39, 0.29) is 0 Å². The molecule has 1 atom stereocenters. The van der Waals surface area contributed by atoms with E-state index in [4.69, 9.17) is 4.74 Å². The van der Waals surface area contributed by atoms with Crippen LogP contribution in [0.15, 0.2) is 0 Å². The summed E-state index contributed by atoms with van der Waals surface area (Å²) in [5, 5.41) is 3.44. The lowest BCUT2D eigenvalue weighted by Gasteiger charge is -2.25. The number of methoxy groups -OCH3 is 1. The molecule has 0 spiro atoms. The van der Waals surface area contributed by atoms with Crippen LogP contribution >= 0.6 is 0 Å². The van der Waals surface area contributed by atoms with E-state index in [2.05, 4.69) is 24.1 Å². The standard InChI is InChI=1S/C13H28N2O/c1-12(2)11-15(8-9-16-3)7-5-13-4-6-14-10-13/h12-14H,4-11H2,1-3H3. The Morgan fingerprint density at radius 1 is 1.38 bits per heavy atom. The van der Waals surface area contributed by atoms with E-state index in [0.717, 1.165) is 25.0 Å². The van der Waals surface area contributed by atoms with Gasteiger partial charge in [0.25, 0.3) is 0 Å². The van der Waals surface area contributed by atoms with E-state index >= 15 is 0 Å². The van der Waals surface area contributed by atoms with Crippen LogP contribution in [0.5, 0.6) is 0 Å². The molecule has 0 amide bonds. The molecule has 0 aromatic rings. The van der Waals surface area contributed by atoms with Crippen molar-refractivity contribution in [3.8, 4) is 0 Å². The van der Waals surface area contributed by atoms with Crippen molar-refractivity contribution in [2.45, 2.75) is 26.7 Å². The lowest BCUT2D eigenvalue weighted by atomic mass is 10.0. The summed E-state index contributed by atoms with van der Waals surface area (Å²) in [4.78, 5) is 2.55. The smallest absolute Gasteiger partial charge is 0.0589 e. The molecule has 1 aliphatic rings. The molecule has 16 heavy (non-hydrogen) atoms. The van der Waals surface area contributed by atoms with Gasteiger partial charge in [-0.05, 0) is 44.3 Å². The fraction of sp³-hybridized carbons (Fsp3) is 1.00. The number of nitrogens with zero attached hydrogens (tertiary/aromatic N) is 1. The molecule has 1 saturated heterocycles. The molecular weight excluding hydrogens is 200 g/mol. The highest BCUT2D eigenvalue weighted by Crippen LogP contribution is 2.13. The maximum atomic E-state index is 5.17. The van der Waals surface area contributed by atoms with Crippen molar-refractivity contribution in [3.63, 3.8) is 0 Å². The lowest BCUT2D eigenvalue weighted by molar-refractivity contribution is 0.136. The second-order valence-electron chi connectivity index (χ2n) is 5.33. The monoisotopic (exact) mass is 228 g/mol. The summed E-state index contributed by atoms with van der Waals surface area (Å²) in [6.45, 7) is 11.4. The van der Waals surface area contributed by atoms with Gasteiger partial charge in [0, 0.05) is 20.2 Å². The predicted octanol–water partition coefficient (Wildman–Crippen LogP) is 1.59. The number of ether oxygens (including phenoxy) is 1. The van der Waals surface area contributed by atoms with Gasteiger partial charge >= 0.3 is 0 Å². The van der Waals surface area contributed by atoms with Crippen LogP contribution in [0.25, 0.3) is 0 Å². The fourth-order valence-electron chi connectivity index (χ4n) is 2.36. The first-order valence-corrected chi connectivity index (χ1v) is 6.64. The highest BCUT2D eigenvalue weighted by Gasteiger charge is 2.16. The average molecular weight is 228 g/mol. The molecule has 1 rings (SSSR count). The molecular formula is C13H28N2O. The van der Waals surface area contributed by atoms with Gasteiger partial charge in [-0.3, -0.25) is 0 Å². The molecule has 1 heterocycles. The Labute approximate surface area is 101 Å². The van der Waals surface area contributed by atoms with Crippen molar-refractivity contribution in [2.75, 3.05) is 46.4 Å². The summed E-state index contributed by atoms with van der Waals surface area (Å²) in [6, 6.07) is 0. The zero-order valence-corrected chi connectivity index (χ0v) is 11.2. The van der Waals surface area contributed by atoms with Crippen LogP contribution in [-0.4, -0.2) is 51.3 Å². The topological polar surface area (TPSA) is 24.5 Å². The van der Waals surface area contributed by atoms with Gasteiger partial charge in [0.05, 0.1) is 6.61 Å². The minimum Gasteiger partial charge on any atom is -0.383 e. The van der Waals surface area contributed by atoms with Gasteiger partial charge in [-0.2, -0.15) is 0 Å². The first-order valence-electron chi connectivity index (χ1n) is 6.64. The van der Waals surface area contributed by atoms with E-state index in [9.17, 15) is 0 Å². The minimum atomic E-state index is 0.749. The number of hydrogen-bond donors (Lipinski definition) is 1. The summed E-state index contributed by atoms with van der Waals surface area (Å²) in [6.07, 6.45) is 2.70. The molecule has 1 fully saturated rings. The quantitative estimate of drug-likeness (QED) is 0.683. The molecule has 3 heteroatoms. The van der Waals surface area contributed by atoms with Crippen LogP contribution in [0.1, 0.15) is 26.7 Å². The Morgan fingerprint density at radius 2 is 2.19 bits per heavy atom. The molecule has 1 aliphatic heterocycles. The summed E-state index contributed by atoms with van der Waals surface area (Å²) in [5.74, 6) is 1.65. The minimum absolute atomic E-state index is 0.749. The Kier molecular flexibility index (Phi) is 7.01. The van der Waals surface area contributed by atoms with Crippen LogP contribution in [0, 0.1) is 11.8 Å². The summed E-state index contributed by atoms with van der Waals surface area (Å²) in [5.41, 5.74) is 0. The molecule has 0 aliphatic carbocycles. The summed E-state index contributed by atoms with van der Waals surface area (Å²) < 4.78 is 5.17. The molecule has 3 nitrogen and oxygen atoms in total. The third-order valence-corrected chi connectivity index (χ3v) is 3.25. The first kappa shape index (κ1) is 13.9. The third kappa shape index (κ3) is 5.83. The van der Waals surface area contributed by atoms with Crippen molar-refractivity contribution >= 4 is 0 Å². The van der Waals surface area contributed by atoms with Gasteiger partial charge in [-0.25, -0.2) is 0 Å². The number of hydrogen-bond acceptors (Lipinski definition) is 3. The third-order valence-electron chi connectivity index (χ3n) is 3.25. The molecule has 96 valence electrons. The van der Waals surface area contributed by atoms with Gasteiger partial charge in [0.15, 0.2) is 0 Å². The van der Waals surface area contributed by atoms with E-state index in [1.54, 1.807) is 7.11 Å². The molecule has 1 unspecified atom stereocenters. The highest BCUT2D eigenvalue weighted by molar-refractivity contribution is 4.73. The Bertz CT molecular complexity index is 167. The SMILES string of the molecule is COCCN(CCC1CCNC1)CC(C)C. The van der Waals surface area contributed by atoms with E-state index in [0.29, 0.717) is 0 Å². The molecule has 0 aromatic heterocycles. The predicted molar refractivity (Wildman–Crippen MR) is 68.7 cm³/mol. The zero-order valence-electron chi connectivity index (χ0n) is 11.2. The van der Waals surface area contributed by atoms with Crippen LogP contribution in [0.4, 0.5) is 0 Å². The second-order valence-corrected chi connectivity index (χ2v) is 5.33. The lowest BCUT2D eigenvalue weighted by Crippen LogP contribution is -2.33. The second kappa shape index (κ2) is 8.04. The molecule has 0 aromatic carbocycles. The first-order chi connectivity index (χ1) is 7.72. The number of rotatable bonds is 8. The van der Waals surface area contributed by atoms with Crippen LogP contribution < -0.4 is 5.32 Å². The van der Waals surface area contributed by atoms with Crippen LogP contribution in [0.2, 0.25) is 0 Å². The summed E-state index contributed by atoms with van der Waals surface area (Å²) >= 11 is 0. The van der Waals surface area contributed by atoms with Gasteiger partial charge in [-0.15, -0.1) is 0 Å². The number of nitrogens with one attached hydrogen (secondary N) is 1. The maximum Gasteiger partial charge on any atom is 0.0589 e. The van der Waals surface area contributed by atoms with E-state index in [1.165, 1.54) is 39.0 Å². The van der Waals surface area contributed by atoms with Gasteiger partial charge in [0.1, 0.15) is 0 Å². The maximum absolute atomic E-state index is 5.17. The Balaban J connectivity index is 2.19. The van der Waals surface area contributed by atoms with Crippen LogP contribution in [0.3, 0.4) is 0 Å². The normalized spacial score (nSPS) is 21.2. The molecule has 0 bridgehead atoms. The zero-order chi connectivity index (χ0) is 11.8. The van der Waals surface area contributed by atoms with E-state index < -0.39 is 0 Å². The average Bonchev–Trinajstić information content (AvgIpc) is 2.74. The molecule has 0 saturated carbocycles. The van der Waals surface area contributed by atoms with E-state index in [1.807, 2.05) is 0 Å². The van der Waals surface area contributed by atoms with Crippen LogP contribution in [-0.2, 0) is 4.74 Å². The van der Waals surface area contributed by atoms with Crippen molar-refractivity contribution in [1.29, 1.82) is 0 Å². The van der Waals surface area contributed by atoms with Crippen molar-refractivity contribution < 1.29 is 4.74 Å². The van der Waals surface area contributed by atoms with Crippen molar-refractivity contribution in [3.05, 3.63) is 0 Å². The Morgan fingerprint density at radius 3 is 2.75 bits per heavy atom. The van der Waals surface area contributed by atoms with Crippen molar-refractivity contribution in [2.24, 2.45) is 11.8 Å². The van der Waals surface area contributed by atoms with Gasteiger partial charge in [0.2, 0.25) is 0 Å². The molecule has 1 N–H and O–H groups in total. The largest absolute Gasteiger partial charge is 0.383 e. The highest BCUT2D eigenvalue weighted by atomic mass is 16.5. The fourth-order valence-corrected chi connectivity index (χ4v) is 2.36.